The lowest BCUT2D eigenvalue weighted by Crippen LogP contribution is -2.54. The third-order valence-electron chi connectivity index (χ3n) is 4.18. The predicted octanol–water partition coefficient (Wildman–Crippen LogP) is 0.0382. The number of carboxylic acids is 1. The van der Waals surface area contributed by atoms with Crippen LogP contribution in [0.2, 0.25) is 0 Å². The number of ether oxygens (including phenoxy) is 1. The molecule has 1 fully saturated rings. The van der Waals surface area contributed by atoms with Crippen molar-refractivity contribution in [3.05, 3.63) is 0 Å². The lowest BCUT2D eigenvalue weighted by Gasteiger charge is -2.27. The Morgan fingerprint density at radius 2 is 1.83 bits per heavy atom. The highest BCUT2D eigenvalue weighted by Crippen LogP contribution is 2.24. The first-order chi connectivity index (χ1) is 11.3. The van der Waals surface area contributed by atoms with E-state index in [-0.39, 0.29) is 5.91 Å². The van der Waals surface area contributed by atoms with Crippen LogP contribution in [-0.4, -0.2) is 59.4 Å². The molecule has 0 aromatic rings. The fraction of sp³-hybridized carbons (Fsp3) is 0.812. The van der Waals surface area contributed by atoms with Gasteiger partial charge in [-0.15, -0.1) is 0 Å². The topological polar surface area (TPSA) is 125 Å². The van der Waals surface area contributed by atoms with Crippen molar-refractivity contribution < 1.29 is 29.3 Å². The quantitative estimate of drug-likeness (QED) is 0.468. The van der Waals surface area contributed by atoms with E-state index >= 15 is 0 Å². The van der Waals surface area contributed by atoms with Crippen molar-refractivity contribution in [3.63, 3.8) is 0 Å². The Hall–Kier alpha value is -1.67. The average Bonchev–Trinajstić information content (AvgIpc) is 2.55. The highest BCUT2D eigenvalue weighted by atomic mass is 16.5. The molecular weight excluding hydrogens is 316 g/mol. The summed E-state index contributed by atoms with van der Waals surface area (Å²) in [5.41, 5.74) is 0. The van der Waals surface area contributed by atoms with Gasteiger partial charge in [0.25, 0.3) is 0 Å². The summed E-state index contributed by atoms with van der Waals surface area (Å²) in [4.78, 5) is 34.1. The lowest BCUT2D eigenvalue weighted by molar-refractivity contribution is -0.146. The second-order valence-electron chi connectivity index (χ2n) is 6.32. The largest absolute Gasteiger partial charge is 0.479 e. The third-order valence-corrected chi connectivity index (χ3v) is 4.18. The van der Waals surface area contributed by atoms with E-state index in [1.807, 2.05) is 0 Å². The number of carbonyl (C=O) groups excluding carboxylic acids is 2. The zero-order chi connectivity index (χ0) is 18.1. The number of aliphatic hydroxyl groups is 1. The lowest BCUT2D eigenvalue weighted by atomic mass is 9.90. The molecule has 0 heterocycles. The second-order valence-corrected chi connectivity index (χ2v) is 6.32. The third kappa shape index (κ3) is 7.27. The van der Waals surface area contributed by atoms with Crippen LogP contribution in [0, 0.1) is 5.92 Å². The van der Waals surface area contributed by atoms with Gasteiger partial charge in [-0.1, -0.05) is 19.3 Å². The molecule has 2 amide bonds. The van der Waals surface area contributed by atoms with E-state index in [4.69, 9.17) is 9.84 Å². The number of hydrogen-bond donors (Lipinski definition) is 4. The molecule has 4 N–H and O–H groups in total. The van der Waals surface area contributed by atoms with Gasteiger partial charge in [0.2, 0.25) is 11.8 Å². The molecule has 0 saturated heterocycles. The summed E-state index contributed by atoms with van der Waals surface area (Å²) in [5, 5.41) is 22.7. The summed E-state index contributed by atoms with van der Waals surface area (Å²) in [6.45, 7) is 3.08. The molecule has 3 atom stereocenters. The number of amides is 2. The maximum atomic E-state index is 12.2. The van der Waals surface area contributed by atoms with Gasteiger partial charge in [-0.25, -0.2) is 4.79 Å². The molecule has 8 nitrogen and oxygen atoms in total. The van der Waals surface area contributed by atoms with Gasteiger partial charge in [-0.3, -0.25) is 9.59 Å². The number of hydrogen-bond acceptors (Lipinski definition) is 5. The summed E-state index contributed by atoms with van der Waals surface area (Å²) in [6, 6.07) is -0.938. The van der Waals surface area contributed by atoms with Crippen LogP contribution in [-0.2, 0) is 19.1 Å². The first kappa shape index (κ1) is 20.4. The Bertz CT molecular complexity index is 436. The van der Waals surface area contributed by atoms with Gasteiger partial charge in [-0.2, -0.15) is 0 Å². The van der Waals surface area contributed by atoms with Crippen LogP contribution >= 0.6 is 0 Å². The molecule has 0 aromatic carbocycles. The van der Waals surface area contributed by atoms with Crippen molar-refractivity contribution in [2.75, 3.05) is 13.2 Å². The molecule has 1 aliphatic rings. The van der Waals surface area contributed by atoms with Crippen LogP contribution < -0.4 is 10.6 Å². The fourth-order valence-corrected chi connectivity index (χ4v) is 2.75. The van der Waals surface area contributed by atoms with E-state index in [9.17, 15) is 19.5 Å². The van der Waals surface area contributed by atoms with E-state index < -0.39 is 36.7 Å². The zero-order valence-corrected chi connectivity index (χ0v) is 14.3. The molecule has 0 bridgehead atoms. The second kappa shape index (κ2) is 10.2. The Morgan fingerprint density at radius 1 is 1.21 bits per heavy atom. The van der Waals surface area contributed by atoms with E-state index in [0.717, 1.165) is 12.8 Å². The molecule has 0 radical (unpaired) electrons. The maximum Gasteiger partial charge on any atom is 0.334 e. The predicted molar refractivity (Wildman–Crippen MR) is 86.2 cm³/mol. The Kier molecular flexibility index (Phi) is 8.70. The first-order valence-electron chi connectivity index (χ1n) is 8.38. The average molecular weight is 344 g/mol. The monoisotopic (exact) mass is 344 g/mol. The Labute approximate surface area is 141 Å². The number of aliphatic carboxylic acids is 1. The summed E-state index contributed by atoms with van der Waals surface area (Å²) >= 11 is 0. The summed E-state index contributed by atoms with van der Waals surface area (Å²) < 4.78 is 5.77. The van der Waals surface area contributed by atoms with E-state index in [1.54, 1.807) is 6.92 Å². The van der Waals surface area contributed by atoms with E-state index in [1.165, 1.54) is 26.2 Å². The van der Waals surface area contributed by atoms with Crippen LogP contribution in [0.1, 0.15) is 46.0 Å². The number of carboxylic acid groups (broad SMARTS) is 1. The molecule has 3 unspecified atom stereocenters. The van der Waals surface area contributed by atoms with Gasteiger partial charge < -0.3 is 25.6 Å². The van der Waals surface area contributed by atoms with Crippen LogP contribution in [0.3, 0.4) is 0 Å². The highest BCUT2D eigenvalue weighted by molar-refractivity contribution is 5.87. The number of carbonyl (C=O) groups is 3. The maximum absolute atomic E-state index is 12.2. The molecule has 0 spiro atoms. The molecule has 138 valence electrons. The van der Waals surface area contributed by atoms with Crippen molar-refractivity contribution in [1.82, 2.24) is 10.6 Å². The fourth-order valence-electron chi connectivity index (χ4n) is 2.75. The summed E-state index contributed by atoms with van der Waals surface area (Å²) in [5.74, 6) is -1.92. The Balaban J connectivity index is 2.53. The standard InChI is InChI=1S/C16H28N2O6/c1-10(24-9-12-6-4-3-5-7-12)14(18-11(2)19)15(21)17-8-13(20)16(22)23/h10,12-14,20H,3-9H2,1-2H3,(H,17,21)(H,18,19)(H,22,23). The molecule has 0 aromatic heterocycles. The van der Waals surface area contributed by atoms with Crippen molar-refractivity contribution in [1.29, 1.82) is 0 Å². The van der Waals surface area contributed by atoms with Crippen molar-refractivity contribution >= 4 is 17.8 Å². The van der Waals surface area contributed by atoms with Gasteiger partial charge in [0.15, 0.2) is 6.10 Å². The minimum absolute atomic E-state index is 0.387. The zero-order valence-electron chi connectivity index (χ0n) is 14.3. The van der Waals surface area contributed by atoms with E-state index in [0.29, 0.717) is 12.5 Å². The van der Waals surface area contributed by atoms with Crippen LogP contribution in [0.4, 0.5) is 0 Å². The summed E-state index contributed by atoms with van der Waals surface area (Å²) in [6.07, 6.45) is 3.58. The molecule has 8 heteroatoms. The van der Waals surface area contributed by atoms with Crippen molar-refractivity contribution in [2.45, 2.75) is 64.2 Å². The van der Waals surface area contributed by atoms with Crippen LogP contribution in [0.15, 0.2) is 0 Å². The molecule has 24 heavy (non-hydrogen) atoms. The van der Waals surface area contributed by atoms with Gasteiger partial charge in [0.05, 0.1) is 12.6 Å². The number of nitrogens with one attached hydrogen (secondary N) is 2. The molecule has 1 saturated carbocycles. The van der Waals surface area contributed by atoms with E-state index in [2.05, 4.69) is 10.6 Å². The number of aliphatic hydroxyl groups excluding tert-OH is 1. The van der Waals surface area contributed by atoms with Gasteiger partial charge in [-0.05, 0) is 25.7 Å². The normalized spacial score (nSPS) is 19.1. The molecule has 1 rings (SSSR count). The van der Waals surface area contributed by atoms with Crippen LogP contribution in [0.25, 0.3) is 0 Å². The van der Waals surface area contributed by atoms with Gasteiger partial charge in [0.1, 0.15) is 6.04 Å². The van der Waals surface area contributed by atoms with Crippen molar-refractivity contribution in [2.24, 2.45) is 5.92 Å². The van der Waals surface area contributed by atoms with Crippen LogP contribution in [0.5, 0.6) is 0 Å². The SMILES string of the molecule is CC(=O)NC(C(=O)NCC(O)C(=O)O)C(C)OCC1CCCCC1. The van der Waals surface area contributed by atoms with Gasteiger partial charge in [0, 0.05) is 13.5 Å². The molecule has 0 aliphatic heterocycles. The van der Waals surface area contributed by atoms with Gasteiger partial charge >= 0.3 is 5.97 Å². The first-order valence-corrected chi connectivity index (χ1v) is 8.38. The van der Waals surface area contributed by atoms with Crippen molar-refractivity contribution in [3.8, 4) is 0 Å². The number of rotatable bonds is 9. The minimum Gasteiger partial charge on any atom is -0.479 e. The Morgan fingerprint density at radius 3 is 2.38 bits per heavy atom. The highest BCUT2D eigenvalue weighted by Gasteiger charge is 2.28. The summed E-state index contributed by atoms with van der Waals surface area (Å²) in [7, 11) is 0. The molecule has 1 aliphatic carbocycles. The minimum atomic E-state index is -1.69. The molecular formula is C16H28N2O6. The smallest absolute Gasteiger partial charge is 0.334 e.